The van der Waals surface area contributed by atoms with Crippen LogP contribution in [0.1, 0.15) is 6.42 Å². The summed E-state index contributed by atoms with van der Waals surface area (Å²) in [7, 11) is 3.88. The van der Waals surface area contributed by atoms with Gasteiger partial charge in [0.2, 0.25) is 0 Å². The largest absolute Gasteiger partial charge is 0.549 e. The third-order valence-electron chi connectivity index (χ3n) is 2.37. The summed E-state index contributed by atoms with van der Waals surface area (Å²) in [5.41, 5.74) is 0. The Morgan fingerprint density at radius 1 is 1.75 bits per heavy atom. The van der Waals surface area contributed by atoms with Crippen LogP contribution >= 0.6 is 0 Å². The van der Waals surface area contributed by atoms with Crippen LogP contribution in [0.5, 0.6) is 0 Å². The maximum Gasteiger partial charge on any atom is 0.0555 e. The summed E-state index contributed by atoms with van der Waals surface area (Å²) in [6.07, 6.45) is 1.06. The number of hydrogen-bond donors (Lipinski definition) is 0. The van der Waals surface area contributed by atoms with Crippen LogP contribution in [0.2, 0.25) is 0 Å². The van der Waals surface area contributed by atoms with E-state index in [4.69, 9.17) is 0 Å². The first-order valence-electron chi connectivity index (χ1n) is 4.18. The molecule has 1 fully saturated rings. The summed E-state index contributed by atoms with van der Waals surface area (Å²) in [6, 6.07) is 0.382. The number of rotatable bonds is 3. The highest BCUT2D eigenvalue weighted by atomic mass is 16.4. The second-order valence-corrected chi connectivity index (χ2v) is 3.49. The zero-order chi connectivity index (χ0) is 9.14. The van der Waals surface area contributed by atoms with Gasteiger partial charge in [-0.1, -0.05) is 0 Å². The molecule has 0 bridgehead atoms. The molecule has 0 aromatic rings. The van der Waals surface area contributed by atoms with Crippen molar-refractivity contribution in [3.05, 3.63) is 0 Å². The van der Waals surface area contributed by atoms with Gasteiger partial charge in [0, 0.05) is 19.1 Å². The number of carbonyl (C=O) groups is 1. The van der Waals surface area contributed by atoms with E-state index >= 15 is 0 Å². The number of nitrogens with zero attached hydrogens (tertiary/aromatic N) is 2. The number of likely N-dealkylation sites (N-methyl/N-ethyl adjacent to an activating group) is 2. The molecule has 0 unspecified atom stereocenters. The number of aliphatic carboxylic acids is 1. The Balaban J connectivity index is 2.32. The molecule has 1 aliphatic rings. The van der Waals surface area contributed by atoms with Crippen molar-refractivity contribution >= 4 is 5.97 Å². The van der Waals surface area contributed by atoms with E-state index < -0.39 is 5.97 Å². The predicted molar refractivity (Wildman–Crippen MR) is 43.5 cm³/mol. The maximum absolute atomic E-state index is 10.3. The Morgan fingerprint density at radius 3 is 2.83 bits per heavy atom. The number of carboxylic acid groups (broad SMARTS) is 1. The molecule has 0 amide bonds. The van der Waals surface area contributed by atoms with Crippen molar-refractivity contribution in [1.29, 1.82) is 0 Å². The monoisotopic (exact) mass is 171 g/mol. The van der Waals surface area contributed by atoms with E-state index in [-0.39, 0.29) is 6.54 Å². The topological polar surface area (TPSA) is 46.6 Å². The molecule has 1 heterocycles. The third-order valence-corrected chi connectivity index (χ3v) is 2.37. The lowest BCUT2D eigenvalue weighted by atomic mass is 10.2. The van der Waals surface area contributed by atoms with Gasteiger partial charge in [0.05, 0.1) is 5.97 Å². The second-order valence-electron chi connectivity index (χ2n) is 3.49. The third kappa shape index (κ3) is 2.46. The minimum absolute atomic E-state index is 0.0402. The lowest BCUT2D eigenvalue weighted by molar-refractivity contribution is -0.306. The lowest BCUT2D eigenvalue weighted by Crippen LogP contribution is -2.42. The van der Waals surface area contributed by atoms with E-state index in [1.54, 1.807) is 0 Å². The highest BCUT2D eigenvalue weighted by Crippen LogP contribution is 2.11. The smallest absolute Gasteiger partial charge is 0.0555 e. The van der Waals surface area contributed by atoms with E-state index in [1.165, 1.54) is 0 Å². The van der Waals surface area contributed by atoms with Gasteiger partial charge in [0.15, 0.2) is 0 Å². The fourth-order valence-corrected chi connectivity index (χ4v) is 1.60. The van der Waals surface area contributed by atoms with Gasteiger partial charge in [0.1, 0.15) is 0 Å². The predicted octanol–water partition coefficient (Wildman–Crippen LogP) is -1.63. The zero-order valence-corrected chi connectivity index (χ0v) is 7.62. The molecule has 12 heavy (non-hydrogen) atoms. The summed E-state index contributed by atoms with van der Waals surface area (Å²) in [4.78, 5) is 14.3. The SMILES string of the molecule is CN1CC[C@@H](N(C)CC(=O)[O-])C1. The van der Waals surface area contributed by atoms with Crippen LogP contribution in [0.3, 0.4) is 0 Å². The van der Waals surface area contributed by atoms with Gasteiger partial charge in [0.25, 0.3) is 0 Å². The van der Waals surface area contributed by atoms with Crippen LogP contribution in [-0.2, 0) is 4.79 Å². The molecule has 0 aromatic heterocycles. The molecule has 0 aliphatic carbocycles. The Kier molecular flexibility index (Phi) is 3.05. The average molecular weight is 171 g/mol. The van der Waals surface area contributed by atoms with Crippen LogP contribution in [0.15, 0.2) is 0 Å². The fraction of sp³-hybridized carbons (Fsp3) is 0.875. The molecule has 1 aliphatic heterocycles. The fourth-order valence-electron chi connectivity index (χ4n) is 1.60. The summed E-state index contributed by atoms with van der Waals surface area (Å²) in [5, 5.41) is 10.3. The second kappa shape index (κ2) is 3.87. The first-order valence-corrected chi connectivity index (χ1v) is 4.18. The van der Waals surface area contributed by atoms with Crippen molar-refractivity contribution in [3.63, 3.8) is 0 Å². The first kappa shape index (κ1) is 9.48. The zero-order valence-electron chi connectivity index (χ0n) is 7.62. The minimum atomic E-state index is -0.993. The summed E-state index contributed by atoms with van der Waals surface area (Å²) < 4.78 is 0. The van der Waals surface area contributed by atoms with Crippen LogP contribution in [0.25, 0.3) is 0 Å². The van der Waals surface area contributed by atoms with Gasteiger partial charge in [-0.05, 0) is 27.1 Å². The minimum Gasteiger partial charge on any atom is -0.549 e. The maximum atomic E-state index is 10.3. The van der Waals surface area contributed by atoms with E-state index in [2.05, 4.69) is 4.90 Å². The molecule has 0 N–H and O–H groups in total. The molecule has 1 atom stereocenters. The van der Waals surface area contributed by atoms with Gasteiger partial charge in [-0.25, -0.2) is 0 Å². The summed E-state index contributed by atoms with van der Waals surface area (Å²) in [5.74, 6) is -0.993. The number of hydrogen-bond acceptors (Lipinski definition) is 4. The van der Waals surface area contributed by atoms with Gasteiger partial charge < -0.3 is 14.8 Å². The molecule has 0 spiro atoms. The summed E-state index contributed by atoms with van der Waals surface area (Å²) >= 11 is 0. The van der Waals surface area contributed by atoms with Crippen molar-refractivity contribution < 1.29 is 9.90 Å². The average Bonchev–Trinajstić information content (AvgIpc) is 2.34. The van der Waals surface area contributed by atoms with Crippen molar-refractivity contribution in [2.75, 3.05) is 33.7 Å². The van der Waals surface area contributed by atoms with Crippen LogP contribution in [0, 0.1) is 0 Å². The Bertz CT molecular complexity index is 172. The normalized spacial score (nSPS) is 25.1. The van der Waals surface area contributed by atoms with Crippen molar-refractivity contribution in [1.82, 2.24) is 9.80 Å². The quantitative estimate of drug-likeness (QED) is 0.511. The van der Waals surface area contributed by atoms with Crippen LogP contribution < -0.4 is 5.11 Å². The summed E-state index contributed by atoms with van der Waals surface area (Å²) in [6.45, 7) is 2.06. The van der Waals surface area contributed by atoms with Crippen LogP contribution in [-0.4, -0.2) is 55.5 Å². The highest BCUT2D eigenvalue weighted by Gasteiger charge is 2.22. The molecular weight excluding hydrogens is 156 g/mol. The molecule has 1 rings (SSSR count). The molecule has 0 radical (unpaired) electrons. The lowest BCUT2D eigenvalue weighted by Gasteiger charge is -2.24. The number of carbonyl (C=O) groups excluding carboxylic acids is 1. The molecule has 0 aromatic carbocycles. The molecule has 4 heteroatoms. The van der Waals surface area contributed by atoms with E-state index in [1.807, 2.05) is 19.0 Å². The van der Waals surface area contributed by atoms with E-state index in [9.17, 15) is 9.90 Å². The van der Waals surface area contributed by atoms with Gasteiger partial charge in [-0.3, -0.25) is 4.90 Å². The molecule has 1 saturated heterocycles. The molecule has 4 nitrogen and oxygen atoms in total. The van der Waals surface area contributed by atoms with Crippen molar-refractivity contribution in [3.8, 4) is 0 Å². The van der Waals surface area contributed by atoms with Crippen LogP contribution in [0.4, 0.5) is 0 Å². The number of likely N-dealkylation sites (tertiary alicyclic amines) is 1. The van der Waals surface area contributed by atoms with Gasteiger partial charge in [-0.15, -0.1) is 0 Å². The van der Waals surface area contributed by atoms with E-state index in [0.717, 1.165) is 19.5 Å². The van der Waals surface area contributed by atoms with Crippen molar-refractivity contribution in [2.45, 2.75) is 12.5 Å². The first-order chi connectivity index (χ1) is 5.59. The molecular formula is C8H15N2O2-. The van der Waals surface area contributed by atoms with Gasteiger partial charge >= 0.3 is 0 Å². The standard InChI is InChI=1S/C8H16N2O2/c1-9-4-3-7(5-9)10(2)6-8(11)12/h7H,3-6H2,1-2H3,(H,11,12)/p-1/t7-/m1/s1. The molecule has 70 valence electrons. The Hall–Kier alpha value is -0.610. The van der Waals surface area contributed by atoms with Gasteiger partial charge in [-0.2, -0.15) is 0 Å². The molecule has 0 saturated carbocycles. The number of carboxylic acids is 1. The Morgan fingerprint density at radius 2 is 2.42 bits per heavy atom. The van der Waals surface area contributed by atoms with E-state index in [0.29, 0.717) is 6.04 Å². The van der Waals surface area contributed by atoms with Crippen molar-refractivity contribution in [2.24, 2.45) is 0 Å². The Labute approximate surface area is 72.8 Å². The highest BCUT2D eigenvalue weighted by molar-refractivity contribution is 5.66.